The Morgan fingerprint density at radius 2 is 1.74 bits per heavy atom. The van der Waals surface area contributed by atoms with Gasteiger partial charge in [0.15, 0.2) is 5.11 Å². The van der Waals surface area contributed by atoms with Crippen molar-refractivity contribution in [3.05, 3.63) is 82.9 Å². The molecule has 7 heteroatoms. The number of anilines is 1. The number of fused-ring (bicyclic) bond motifs is 1. The van der Waals surface area contributed by atoms with Gasteiger partial charge in [-0.3, -0.25) is 10.2 Å². The van der Waals surface area contributed by atoms with E-state index in [0.29, 0.717) is 21.2 Å². The first-order chi connectivity index (χ1) is 13.1. The highest BCUT2D eigenvalue weighted by Gasteiger charge is 2.13. The molecule has 27 heavy (non-hydrogen) atoms. The van der Waals surface area contributed by atoms with E-state index in [2.05, 4.69) is 15.7 Å². The maximum absolute atomic E-state index is 13.0. The third-order valence-electron chi connectivity index (χ3n) is 4.02. The average molecular weight is 393 g/mol. The molecular formula is C20H16N4OS2. The maximum Gasteiger partial charge on any atom is 0.290 e. The molecule has 0 bridgehead atoms. The second-order valence-corrected chi connectivity index (χ2v) is 7.38. The lowest BCUT2D eigenvalue weighted by atomic mass is 10.2. The van der Waals surface area contributed by atoms with Crippen LogP contribution in [0.3, 0.4) is 0 Å². The molecule has 134 valence electrons. The fraction of sp³-hybridized carbons (Fsp3) is 0.0500. The molecule has 0 spiro atoms. The first kappa shape index (κ1) is 17.4. The van der Waals surface area contributed by atoms with Crippen molar-refractivity contribution in [2.45, 2.75) is 6.92 Å². The van der Waals surface area contributed by atoms with E-state index >= 15 is 0 Å². The van der Waals surface area contributed by atoms with Crippen LogP contribution in [0.5, 0.6) is 0 Å². The zero-order chi connectivity index (χ0) is 18.8. The zero-order valence-electron chi connectivity index (χ0n) is 14.5. The van der Waals surface area contributed by atoms with Crippen molar-refractivity contribution in [2.24, 2.45) is 0 Å². The number of rotatable bonds is 3. The van der Waals surface area contributed by atoms with Gasteiger partial charge >= 0.3 is 0 Å². The van der Waals surface area contributed by atoms with Gasteiger partial charge in [-0.05, 0) is 42.9 Å². The predicted octanol–water partition coefficient (Wildman–Crippen LogP) is 4.37. The lowest BCUT2D eigenvalue weighted by Crippen LogP contribution is -2.37. The molecule has 4 aromatic rings. The van der Waals surface area contributed by atoms with Crippen LogP contribution in [-0.4, -0.2) is 14.8 Å². The first-order valence-corrected chi connectivity index (χ1v) is 9.56. The number of thiophene rings is 1. The fourth-order valence-electron chi connectivity index (χ4n) is 2.75. The number of benzene rings is 2. The van der Waals surface area contributed by atoms with Crippen molar-refractivity contribution >= 4 is 44.6 Å². The monoisotopic (exact) mass is 392 g/mol. The molecule has 0 fully saturated rings. The number of aryl methyl sites for hydroxylation is 1. The molecule has 0 aliphatic rings. The second kappa shape index (κ2) is 7.30. The van der Waals surface area contributed by atoms with Crippen molar-refractivity contribution in [3.63, 3.8) is 0 Å². The highest BCUT2D eigenvalue weighted by molar-refractivity contribution is 7.80. The summed E-state index contributed by atoms with van der Waals surface area (Å²) in [5.74, 6) is 0.544. The minimum absolute atomic E-state index is 0.165. The molecule has 4 rings (SSSR count). The number of nitrogens with zero attached hydrogens (tertiary/aromatic N) is 2. The average Bonchev–Trinajstić information content (AvgIpc) is 3.11. The van der Waals surface area contributed by atoms with Gasteiger partial charge in [0.2, 0.25) is 0 Å². The summed E-state index contributed by atoms with van der Waals surface area (Å²) >= 11 is 6.77. The summed E-state index contributed by atoms with van der Waals surface area (Å²) in [5, 5.41) is 3.39. The molecule has 5 nitrogen and oxygen atoms in total. The van der Waals surface area contributed by atoms with E-state index in [1.807, 2.05) is 66.7 Å². The lowest BCUT2D eigenvalue weighted by Gasteiger charge is -2.14. The molecular weight excluding hydrogens is 376 g/mol. The Morgan fingerprint density at radius 3 is 2.44 bits per heavy atom. The van der Waals surface area contributed by atoms with Crippen LogP contribution in [0.2, 0.25) is 0 Å². The number of hydrogen-bond acceptors (Lipinski definition) is 4. The molecule has 2 N–H and O–H groups in total. The number of thiocarbonyl (C=S) groups is 1. The SMILES string of the molecule is Cc1nc2cc(-c3ccccc3)sc2c(=O)n1NC(=S)Nc1ccccc1. The van der Waals surface area contributed by atoms with Gasteiger partial charge in [-0.2, -0.15) is 0 Å². The van der Waals surface area contributed by atoms with Gasteiger partial charge in [0.25, 0.3) is 5.56 Å². The first-order valence-electron chi connectivity index (χ1n) is 8.33. The van der Waals surface area contributed by atoms with Crippen LogP contribution in [-0.2, 0) is 0 Å². The van der Waals surface area contributed by atoms with Crippen LogP contribution >= 0.6 is 23.6 Å². The van der Waals surface area contributed by atoms with E-state index in [4.69, 9.17) is 12.2 Å². The van der Waals surface area contributed by atoms with Crippen LogP contribution in [0.4, 0.5) is 5.69 Å². The molecule has 2 heterocycles. The highest BCUT2D eigenvalue weighted by atomic mass is 32.1. The molecule has 0 saturated heterocycles. The van der Waals surface area contributed by atoms with Gasteiger partial charge in [0.1, 0.15) is 10.5 Å². The van der Waals surface area contributed by atoms with Crippen LogP contribution < -0.4 is 16.3 Å². The van der Waals surface area contributed by atoms with E-state index in [9.17, 15) is 4.79 Å². The number of aromatic nitrogens is 2. The highest BCUT2D eigenvalue weighted by Crippen LogP contribution is 2.30. The Bertz CT molecular complexity index is 1170. The fourth-order valence-corrected chi connectivity index (χ4v) is 3.99. The van der Waals surface area contributed by atoms with Crippen molar-refractivity contribution in [1.29, 1.82) is 0 Å². The van der Waals surface area contributed by atoms with Gasteiger partial charge in [-0.25, -0.2) is 9.66 Å². The Morgan fingerprint density at radius 1 is 1.07 bits per heavy atom. The van der Waals surface area contributed by atoms with E-state index in [1.165, 1.54) is 16.0 Å². The Balaban J connectivity index is 1.67. The van der Waals surface area contributed by atoms with Crippen LogP contribution in [0, 0.1) is 6.92 Å². The van der Waals surface area contributed by atoms with Crippen molar-refractivity contribution in [2.75, 3.05) is 10.7 Å². The van der Waals surface area contributed by atoms with Crippen molar-refractivity contribution in [3.8, 4) is 10.4 Å². The Labute approximate surface area is 165 Å². The molecule has 0 aliphatic carbocycles. The summed E-state index contributed by atoms with van der Waals surface area (Å²) in [6, 6.07) is 21.5. The number of nitrogens with one attached hydrogen (secondary N) is 2. The largest absolute Gasteiger partial charge is 0.331 e. The lowest BCUT2D eigenvalue weighted by molar-refractivity contribution is 0.841. The smallest absolute Gasteiger partial charge is 0.290 e. The molecule has 2 aromatic carbocycles. The number of para-hydroxylation sites is 1. The van der Waals surface area contributed by atoms with Crippen LogP contribution in [0.15, 0.2) is 71.5 Å². The summed E-state index contributed by atoms with van der Waals surface area (Å²) in [5.41, 5.74) is 5.38. The molecule has 0 amide bonds. The summed E-state index contributed by atoms with van der Waals surface area (Å²) in [7, 11) is 0. The normalized spacial score (nSPS) is 10.7. The van der Waals surface area contributed by atoms with Gasteiger partial charge < -0.3 is 5.32 Å². The summed E-state index contributed by atoms with van der Waals surface area (Å²) in [6.45, 7) is 1.78. The minimum Gasteiger partial charge on any atom is -0.331 e. The standard InChI is InChI=1S/C20H16N4OS2/c1-13-21-16-12-17(14-8-4-2-5-9-14)27-18(16)19(25)24(13)23-20(26)22-15-10-6-3-7-11-15/h2-12H,1H3,(H2,22,23,26). The molecule has 0 radical (unpaired) electrons. The topological polar surface area (TPSA) is 59.0 Å². The van der Waals surface area contributed by atoms with Gasteiger partial charge in [0.05, 0.1) is 5.52 Å². The maximum atomic E-state index is 13.0. The summed E-state index contributed by atoms with van der Waals surface area (Å²) in [6.07, 6.45) is 0. The zero-order valence-corrected chi connectivity index (χ0v) is 16.1. The molecule has 2 aromatic heterocycles. The summed E-state index contributed by atoms with van der Waals surface area (Å²) in [4.78, 5) is 18.5. The quantitative estimate of drug-likeness (QED) is 0.507. The van der Waals surface area contributed by atoms with E-state index in [1.54, 1.807) is 6.92 Å². The minimum atomic E-state index is -0.165. The van der Waals surface area contributed by atoms with E-state index in [0.717, 1.165) is 16.1 Å². The van der Waals surface area contributed by atoms with Gasteiger partial charge in [-0.1, -0.05) is 48.5 Å². The third kappa shape index (κ3) is 3.60. The van der Waals surface area contributed by atoms with Gasteiger partial charge in [-0.15, -0.1) is 11.3 Å². The van der Waals surface area contributed by atoms with Gasteiger partial charge in [0, 0.05) is 10.6 Å². The van der Waals surface area contributed by atoms with E-state index < -0.39 is 0 Å². The number of hydrogen-bond donors (Lipinski definition) is 2. The second-order valence-electron chi connectivity index (χ2n) is 5.92. The Kier molecular flexibility index (Phi) is 4.70. The Hall–Kier alpha value is -3.03. The van der Waals surface area contributed by atoms with Crippen LogP contribution in [0.25, 0.3) is 20.7 Å². The predicted molar refractivity (Wildman–Crippen MR) is 116 cm³/mol. The summed E-state index contributed by atoms with van der Waals surface area (Å²) < 4.78 is 1.97. The van der Waals surface area contributed by atoms with Crippen LogP contribution in [0.1, 0.15) is 5.82 Å². The molecule has 0 aliphatic heterocycles. The van der Waals surface area contributed by atoms with Crippen molar-refractivity contribution in [1.82, 2.24) is 9.66 Å². The molecule has 0 saturated carbocycles. The third-order valence-corrected chi connectivity index (χ3v) is 5.37. The molecule has 0 unspecified atom stereocenters. The molecule has 0 atom stereocenters. The van der Waals surface area contributed by atoms with E-state index in [-0.39, 0.29) is 5.56 Å². The van der Waals surface area contributed by atoms with Crippen molar-refractivity contribution < 1.29 is 0 Å².